The number of ether oxygens (including phenoxy) is 2. The Hall–Kier alpha value is -2.24. The van der Waals surface area contributed by atoms with E-state index in [0.717, 1.165) is 18.5 Å². The van der Waals surface area contributed by atoms with Gasteiger partial charge in [-0.25, -0.2) is 4.98 Å². The van der Waals surface area contributed by atoms with Crippen molar-refractivity contribution < 1.29 is 24.5 Å². The molecule has 182 valence electrons. The van der Waals surface area contributed by atoms with Crippen molar-refractivity contribution >= 4 is 17.2 Å². The molecule has 1 amide bonds. The quantitative estimate of drug-likeness (QED) is 0.414. The number of carbonyl (C=O) groups is 1. The second kappa shape index (κ2) is 11.8. The minimum atomic E-state index is -1.37. The number of likely N-dealkylation sites (tertiary alicyclic amines) is 1. The first-order chi connectivity index (χ1) is 15.8. The molecule has 9 nitrogen and oxygen atoms in total. The van der Waals surface area contributed by atoms with Crippen molar-refractivity contribution in [3.8, 4) is 11.5 Å². The molecule has 0 radical (unpaired) electrons. The van der Waals surface area contributed by atoms with Crippen molar-refractivity contribution in [2.45, 2.75) is 31.1 Å². The van der Waals surface area contributed by atoms with Crippen molar-refractivity contribution in [3.05, 3.63) is 40.3 Å². The highest BCUT2D eigenvalue weighted by Crippen LogP contribution is 2.30. The molecule has 0 saturated carbocycles. The first kappa shape index (κ1) is 25.4. The van der Waals surface area contributed by atoms with Crippen molar-refractivity contribution in [1.82, 2.24) is 20.1 Å². The zero-order chi connectivity index (χ0) is 23.8. The van der Waals surface area contributed by atoms with Crippen LogP contribution in [0.2, 0.25) is 0 Å². The molecule has 2 atom stereocenters. The van der Waals surface area contributed by atoms with Crippen LogP contribution in [0.4, 0.5) is 0 Å². The van der Waals surface area contributed by atoms with Crippen molar-refractivity contribution in [1.29, 1.82) is 0 Å². The topological polar surface area (TPSA) is 107 Å². The lowest BCUT2D eigenvalue weighted by molar-refractivity contribution is -0.116. The predicted molar refractivity (Wildman–Crippen MR) is 127 cm³/mol. The van der Waals surface area contributed by atoms with Gasteiger partial charge in [0.15, 0.2) is 11.5 Å². The summed E-state index contributed by atoms with van der Waals surface area (Å²) in [5.41, 5.74) is 1.55. The number of thiazole rings is 1. The number of methoxy groups -OCH3 is 1. The number of piperidine rings is 1. The van der Waals surface area contributed by atoms with Crippen LogP contribution in [0, 0.1) is 0 Å². The van der Waals surface area contributed by atoms with Gasteiger partial charge in [0.05, 0.1) is 25.3 Å². The number of hydrogen-bond acceptors (Lipinski definition) is 9. The van der Waals surface area contributed by atoms with Gasteiger partial charge in [-0.05, 0) is 44.6 Å². The monoisotopic (exact) mass is 478 g/mol. The Bertz CT molecular complexity index is 895. The zero-order valence-corrected chi connectivity index (χ0v) is 20.3. The van der Waals surface area contributed by atoms with Crippen LogP contribution in [-0.4, -0.2) is 96.6 Å². The fraction of sp³-hybridized carbons (Fsp3) is 0.565. The van der Waals surface area contributed by atoms with Crippen LogP contribution in [0.5, 0.6) is 11.5 Å². The Morgan fingerprint density at radius 2 is 2.21 bits per heavy atom. The molecule has 1 aromatic heterocycles. The Labute approximate surface area is 198 Å². The Morgan fingerprint density at radius 3 is 2.88 bits per heavy atom. The molecule has 1 fully saturated rings. The average Bonchev–Trinajstić information content (AvgIpc) is 3.33. The number of aliphatic hydroxyl groups excluding tert-OH is 1. The lowest BCUT2D eigenvalue weighted by Gasteiger charge is -2.42. The van der Waals surface area contributed by atoms with Gasteiger partial charge in [-0.15, -0.1) is 11.3 Å². The first-order valence-corrected chi connectivity index (χ1v) is 12.0. The third kappa shape index (κ3) is 7.12. The van der Waals surface area contributed by atoms with Crippen LogP contribution in [0.3, 0.4) is 0 Å². The van der Waals surface area contributed by atoms with Crippen molar-refractivity contribution in [2.75, 3.05) is 54.0 Å². The summed E-state index contributed by atoms with van der Waals surface area (Å²) in [6.45, 7) is 3.05. The molecule has 0 aliphatic carbocycles. The molecule has 2 heterocycles. The number of rotatable bonds is 11. The summed E-state index contributed by atoms with van der Waals surface area (Å²) in [6.07, 6.45) is 0.287. The molecule has 0 spiro atoms. The number of aliphatic hydroxyl groups is 2. The number of nitrogens with one attached hydrogen (secondary N) is 1. The minimum absolute atomic E-state index is 0.0218. The summed E-state index contributed by atoms with van der Waals surface area (Å²) in [6, 6.07) is 5.85. The van der Waals surface area contributed by atoms with Crippen molar-refractivity contribution in [2.24, 2.45) is 0 Å². The summed E-state index contributed by atoms with van der Waals surface area (Å²) in [7, 11) is 5.69. The summed E-state index contributed by atoms with van der Waals surface area (Å²) in [4.78, 5) is 20.3. The van der Waals surface area contributed by atoms with Gasteiger partial charge in [-0.2, -0.15) is 0 Å². The molecule has 10 heteroatoms. The lowest BCUT2D eigenvalue weighted by Crippen LogP contribution is -2.60. The number of aromatic nitrogens is 1. The number of nitrogens with zero attached hydrogens (tertiary/aromatic N) is 3. The molecular weight excluding hydrogens is 444 g/mol. The number of β-amino-alcohol motifs (C(OH)–C–C–N with tert-alkyl or cyclic N) is 1. The van der Waals surface area contributed by atoms with Crippen LogP contribution < -0.4 is 14.8 Å². The predicted octanol–water partition coefficient (Wildman–Crippen LogP) is 1.21. The van der Waals surface area contributed by atoms with E-state index in [-0.39, 0.29) is 12.5 Å². The normalized spacial score (nSPS) is 21.2. The van der Waals surface area contributed by atoms with Gasteiger partial charge in [-0.1, -0.05) is 6.07 Å². The van der Waals surface area contributed by atoms with E-state index in [0.29, 0.717) is 49.9 Å². The van der Waals surface area contributed by atoms with Gasteiger partial charge in [-0.3, -0.25) is 9.69 Å². The molecule has 1 aromatic carbocycles. The maximum atomic E-state index is 12.1. The zero-order valence-electron chi connectivity index (χ0n) is 19.5. The third-order valence-corrected chi connectivity index (χ3v) is 6.36. The molecule has 2 aromatic rings. The third-order valence-electron chi connectivity index (χ3n) is 5.77. The fourth-order valence-electron chi connectivity index (χ4n) is 3.77. The van der Waals surface area contributed by atoms with Crippen LogP contribution >= 0.6 is 11.3 Å². The van der Waals surface area contributed by atoms with E-state index in [9.17, 15) is 15.0 Å². The second-order valence-electron chi connectivity index (χ2n) is 8.65. The molecule has 1 saturated heterocycles. The maximum Gasteiger partial charge on any atom is 0.270 e. The van der Waals surface area contributed by atoms with E-state index in [1.807, 2.05) is 32.3 Å². The van der Waals surface area contributed by atoms with E-state index >= 15 is 0 Å². The number of carbonyl (C=O) groups excluding carboxylic acids is 1. The lowest BCUT2D eigenvalue weighted by atomic mass is 9.88. The molecule has 3 rings (SSSR count). The molecule has 0 bridgehead atoms. The van der Waals surface area contributed by atoms with Gasteiger partial charge < -0.3 is 29.9 Å². The largest absolute Gasteiger partial charge is 0.493 e. The molecule has 1 aliphatic heterocycles. The summed E-state index contributed by atoms with van der Waals surface area (Å²) in [5, 5.41) is 25.8. The van der Waals surface area contributed by atoms with Gasteiger partial charge in [0.2, 0.25) is 0 Å². The smallest absolute Gasteiger partial charge is 0.270 e. The average molecular weight is 479 g/mol. The van der Waals surface area contributed by atoms with Crippen LogP contribution in [0.25, 0.3) is 0 Å². The molecule has 3 N–H and O–H groups in total. The van der Waals surface area contributed by atoms with Crippen LogP contribution in [0.15, 0.2) is 29.1 Å². The van der Waals surface area contributed by atoms with Gasteiger partial charge >= 0.3 is 0 Å². The number of benzene rings is 1. The van der Waals surface area contributed by atoms with E-state index in [4.69, 9.17) is 9.47 Å². The highest BCUT2D eigenvalue weighted by atomic mass is 32.1. The van der Waals surface area contributed by atoms with E-state index < -0.39 is 11.7 Å². The van der Waals surface area contributed by atoms with E-state index in [1.165, 1.54) is 11.3 Å². The molecule has 0 unspecified atom stereocenters. The molecule has 33 heavy (non-hydrogen) atoms. The van der Waals surface area contributed by atoms with E-state index in [1.54, 1.807) is 18.0 Å². The maximum absolute atomic E-state index is 12.1. The van der Waals surface area contributed by atoms with E-state index in [2.05, 4.69) is 20.1 Å². The van der Waals surface area contributed by atoms with Gasteiger partial charge in [0, 0.05) is 38.1 Å². The van der Waals surface area contributed by atoms with Gasteiger partial charge in [0.1, 0.15) is 11.3 Å². The molecule has 1 aliphatic rings. The number of hydrogen-bond donors (Lipinski definition) is 3. The fourth-order valence-corrected chi connectivity index (χ4v) is 4.31. The summed E-state index contributed by atoms with van der Waals surface area (Å²) in [5.74, 6) is 1.04. The van der Waals surface area contributed by atoms with Crippen LogP contribution in [0.1, 0.15) is 28.9 Å². The molecular formula is C23H34N4O5S. The van der Waals surface area contributed by atoms with Crippen LogP contribution in [-0.2, 0) is 6.54 Å². The van der Waals surface area contributed by atoms with Gasteiger partial charge in [0.25, 0.3) is 5.91 Å². The Morgan fingerprint density at radius 1 is 1.39 bits per heavy atom. The van der Waals surface area contributed by atoms with Crippen molar-refractivity contribution in [3.63, 3.8) is 0 Å². The Balaban J connectivity index is 1.51. The summed E-state index contributed by atoms with van der Waals surface area (Å²) < 4.78 is 11.4. The minimum Gasteiger partial charge on any atom is -0.493 e. The number of amides is 1. The Kier molecular flexibility index (Phi) is 9.04. The SMILES string of the molecule is COc1cc(CN2CC[C@@](O)(CNC(=O)c3cscn3)[C@H](O)C2)ccc1OCCCN(C)C. The highest BCUT2D eigenvalue weighted by Gasteiger charge is 2.40. The first-order valence-electron chi connectivity index (χ1n) is 11.0. The standard InChI is InChI=1S/C23H34N4O5S/c1-26(2)8-4-10-32-19-6-5-17(11-20(19)31-3)12-27-9-7-23(30,21(28)13-27)15-24-22(29)18-14-33-16-25-18/h5-6,11,14,16,21,28,30H,4,7-10,12-13,15H2,1-3H3,(H,24,29)/t21-,23-/m1/s1. The second-order valence-corrected chi connectivity index (χ2v) is 9.37. The highest BCUT2D eigenvalue weighted by molar-refractivity contribution is 7.07. The summed E-state index contributed by atoms with van der Waals surface area (Å²) >= 11 is 1.33.